The number of nitrogens with zero attached hydrogens (tertiary/aromatic N) is 1. The molecule has 0 aromatic heterocycles. The fraction of sp³-hybridized carbons (Fsp3) is 0.273. The highest BCUT2D eigenvalue weighted by Crippen LogP contribution is 2.51. The molecule has 0 bridgehead atoms. The fourth-order valence-corrected chi connectivity index (χ4v) is 4.53. The highest BCUT2D eigenvalue weighted by atomic mass is 16.5. The Labute approximate surface area is 142 Å². The van der Waals surface area contributed by atoms with E-state index in [-0.39, 0.29) is 11.5 Å². The van der Waals surface area contributed by atoms with Gasteiger partial charge in [0.05, 0.1) is 0 Å². The summed E-state index contributed by atoms with van der Waals surface area (Å²) in [6.45, 7) is 9.70. The zero-order chi connectivity index (χ0) is 16.5. The van der Waals surface area contributed by atoms with Crippen LogP contribution in [-0.2, 0) is 5.41 Å². The van der Waals surface area contributed by atoms with Gasteiger partial charge < -0.3 is 9.64 Å². The van der Waals surface area contributed by atoms with E-state index in [4.69, 9.17) is 4.74 Å². The fourth-order valence-electron chi connectivity index (χ4n) is 4.53. The van der Waals surface area contributed by atoms with E-state index in [0.717, 1.165) is 29.2 Å². The largest absolute Gasteiger partial charge is 0.485 e. The summed E-state index contributed by atoms with van der Waals surface area (Å²) in [6.07, 6.45) is 3.50. The van der Waals surface area contributed by atoms with E-state index in [9.17, 15) is 0 Å². The summed E-state index contributed by atoms with van der Waals surface area (Å²) in [5, 5.41) is 2.17. The number of rotatable bonds is 0. The number of fused-ring (bicyclic) bond motifs is 5. The third kappa shape index (κ3) is 1.71. The number of allylic oxidation sites excluding steroid dienone is 1. The highest BCUT2D eigenvalue weighted by molar-refractivity contribution is 5.76. The second-order valence-electron chi connectivity index (χ2n) is 7.51. The molecule has 3 heterocycles. The SMILES string of the molecule is C=c1ccc2c(c1)OC1CCN3C(=C1C=2)C(C)(C)c1ccccc13. The van der Waals surface area contributed by atoms with E-state index in [1.54, 1.807) is 0 Å². The molecule has 2 aromatic rings. The van der Waals surface area contributed by atoms with Gasteiger partial charge >= 0.3 is 0 Å². The Kier molecular flexibility index (Phi) is 2.63. The number of ether oxygens (including phenoxy) is 1. The van der Waals surface area contributed by atoms with Crippen LogP contribution in [0.3, 0.4) is 0 Å². The number of hydrogen-bond acceptors (Lipinski definition) is 2. The van der Waals surface area contributed by atoms with Gasteiger partial charge in [-0.1, -0.05) is 50.8 Å². The Morgan fingerprint density at radius 2 is 2.00 bits per heavy atom. The summed E-state index contributed by atoms with van der Waals surface area (Å²) >= 11 is 0. The van der Waals surface area contributed by atoms with Crippen LogP contribution in [0.4, 0.5) is 5.69 Å². The topological polar surface area (TPSA) is 12.5 Å². The zero-order valence-electron chi connectivity index (χ0n) is 14.2. The standard InChI is InChI=1S/C22H21NO/c1-14-8-9-15-13-16-19(24-20(15)12-14)10-11-23-18-7-5-4-6-17(18)22(2,3)21(16)23/h4-9,12-13,19H,1,10-11H2,2-3H3. The number of hydrogen-bond donors (Lipinski definition) is 0. The Morgan fingerprint density at radius 3 is 2.88 bits per heavy atom. The van der Waals surface area contributed by atoms with Gasteiger partial charge in [0.2, 0.25) is 0 Å². The van der Waals surface area contributed by atoms with E-state index >= 15 is 0 Å². The molecule has 0 fully saturated rings. The molecule has 120 valence electrons. The summed E-state index contributed by atoms with van der Waals surface area (Å²) in [5.41, 5.74) is 5.53. The van der Waals surface area contributed by atoms with Crippen LogP contribution >= 0.6 is 0 Å². The molecule has 5 rings (SSSR count). The van der Waals surface area contributed by atoms with Crippen LogP contribution in [0.15, 0.2) is 53.7 Å². The average molecular weight is 315 g/mol. The molecule has 0 spiro atoms. The molecule has 3 aliphatic heterocycles. The van der Waals surface area contributed by atoms with Crippen LogP contribution in [0.25, 0.3) is 12.7 Å². The van der Waals surface area contributed by atoms with Crippen molar-refractivity contribution in [3.63, 3.8) is 0 Å². The Morgan fingerprint density at radius 1 is 1.17 bits per heavy atom. The summed E-state index contributed by atoms with van der Waals surface area (Å²) in [6, 6.07) is 15.0. The molecule has 3 aliphatic rings. The van der Waals surface area contributed by atoms with Gasteiger partial charge in [-0.3, -0.25) is 0 Å². The molecule has 24 heavy (non-hydrogen) atoms. The quantitative estimate of drug-likeness (QED) is 0.741. The monoisotopic (exact) mass is 315 g/mol. The van der Waals surface area contributed by atoms with Crippen molar-refractivity contribution in [1.82, 2.24) is 0 Å². The molecule has 0 saturated carbocycles. The van der Waals surface area contributed by atoms with Gasteiger partial charge in [-0.15, -0.1) is 0 Å². The van der Waals surface area contributed by atoms with Crippen molar-refractivity contribution in [2.75, 3.05) is 11.4 Å². The molecule has 0 aliphatic carbocycles. The minimum Gasteiger partial charge on any atom is -0.485 e. The first-order valence-electron chi connectivity index (χ1n) is 8.65. The van der Waals surface area contributed by atoms with Crippen LogP contribution in [0, 0.1) is 0 Å². The molecule has 0 saturated heterocycles. The maximum absolute atomic E-state index is 6.36. The third-order valence-corrected chi connectivity index (χ3v) is 5.62. The molecule has 2 heteroatoms. The lowest BCUT2D eigenvalue weighted by Crippen LogP contribution is -2.41. The van der Waals surface area contributed by atoms with E-state index in [1.807, 2.05) is 6.07 Å². The molecular formula is C22H21NO. The van der Waals surface area contributed by atoms with Crippen molar-refractivity contribution >= 4 is 18.3 Å². The summed E-state index contributed by atoms with van der Waals surface area (Å²) < 4.78 is 6.36. The first-order chi connectivity index (χ1) is 11.6. The van der Waals surface area contributed by atoms with Crippen LogP contribution in [-0.4, -0.2) is 12.6 Å². The van der Waals surface area contributed by atoms with Crippen molar-refractivity contribution in [2.45, 2.75) is 31.8 Å². The van der Waals surface area contributed by atoms with Crippen LogP contribution < -0.4 is 20.1 Å². The van der Waals surface area contributed by atoms with Crippen molar-refractivity contribution < 1.29 is 4.74 Å². The van der Waals surface area contributed by atoms with Gasteiger partial charge in [0.25, 0.3) is 0 Å². The number of anilines is 1. The first-order valence-corrected chi connectivity index (χ1v) is 8.65. The maximum atomic E-state index is 6.36. The van der Waals surface area contributed by atoms with E-state index in [2.05, 4.69) is 67.8 Å². The first kappa shape index (κ1) is 13.9. The second-order valence-corrected chi connectivity index (χ2v) is 7.51. The Bertz CT molecular complexity index is 999. The predicted octanol–water partition coefficient (Wildman–Crippen LogP) is 3.09. The van der Waals surface area contributed by atoms with Gasteiger partial charge in [0.15, 0.2) is 0 Å². The molecule has 1 atom stereocenters. The Hall–Kier alpha value is -2.48. The van der Waals surface area contributed by atoms with Crippen molar-refractivity contribution in [2.24, 2.45) is 0 Å². The van der Waals surface area contributed by atoms with E-state index in [1.165, 1.54) is 22.5 Å². The predicted molar refractivity (Wildman–Crippen MR) is 98.6 cm³/mol. The molecule has 0 radical (unpaired) electrons. The van der Waals surface area contributed by atoms with E-state index < -0.39 is 0 Å². The normalized spacial score (nSPS) is 22.8. The van der Waals surface area contributed by atoms with Gasteiger partial charge in [-0.05, 0) is 29.0 Å². The van der Waals surface area contributed by atoms with Crippen molar-refractivity contribution in [3.05, 3.63) is 69.7 Å². The lowest BCUT2D eigenvalue weighted by atomic mass is 9.79. The molecule has 0 amide bonds. The van der Waals surface area contributed by atoms with Crippen LogP contribution in [0.5, 0.6) is 5.75 Å². The van der Waals surface area contributed by atoms with Gasteiger partial charge in [0, 0.05) is 40.6 Å². The zero-order valence-corrected chi connectivity index (χ0v) is 14.2. The van der Waals surface area contributed by atoms with Gasteiger partial charge in [-0.25, -0.2) is 0 Å². The summed E-state index contributed by atoms with van der Waals surface area (Å²) in [5.74, 6) is 0.971. The maximum Gasteiger partial charge on any atom is 0.128 e. The molecule has 2 aromatic carbocycles. The van der Waals surface area contributed by atoms with Crippen molar-refractivity contribution in [1.29, 1.82) is 0 Å². The van der Waals surface area contributed by atoms with E-state index in [0.29, 0.717) is 0 Å². The smallest absolute Gasteiger partial charge is 0.128 e. The highest BCUT2D eigenvalue weighted by Gasteiger charge is 2.45. The average Bonchev–Trinajstić information content (AvgIpc) is 2.81. The minimum atomic E-state index is 0.00815. The molecule has 0 N–H and O–H groups in total. The second kappa shape index (κ2) is 4.54. The summed E-state index contributed by atoms with van der Waals surface area (Å²) in [7, 11) is 0. The van der Waals surface area contributed by atoms with Gasteiger partial charge in [0.1, 0.15) is 11.9 Å². The Balaban J connectivity index is 1.80. The van der Waals surface area contributed by atoms with Gasteiger partial charge in [-0.2, -0.15) is 0 Å². The minimum absolute atomic E-state index is 0.00815. The lowest BCUT2D eigenvalue weighted by molar-refractivity contribution is 0.218. The number of para-hydroxylation sites is 1. The molecule has 1 unspecified atom stereocenters. The van der Waals surface area contributed by atoms with Crippen LogP contribution in [0.1, 0.15) is 25.8 Å². The molecule has 2 nitrogen and oxygen atoms in total. The van der Waals surface area contributed by atoms with Crippen LogP contribution in [0.2, 0.25) is 0 Å². The number of benzene rings is 2. The summed E-state index contributed by atoms with van der Waals surface area (Å²) in [4.78, 5) is 2.50. The third-order valence-electron chi connectivity index (χ3n) is 5.62. The van der Waals surface area contributed by atoms with Crippen molar-refractivity contribution in [3.8, 4) is 5.75 Å². The molecular weight excluding hydrogens is 294 g/mol. The lowest BCUT2D eigenvalue weighted by Gasteiger charge is -2.38.